The Morgan fingerprint density at radius 3 is 2.47 bits per heavy atom. The van der Waals surface area contributed by atoms with Crippen molar-refractivity contribution in [2.24, 2.45) is 0 Å². The molecule has 4 rings (SSSR count). The van der Waals surface area contributed by atoms with E-state index in [0.29, 0.717) is 38.5 Å². The second-order valence-electron chi connectivity index (χ2n) is 9.61. The zero-order valence-electron chi connectivity index (χ0n) is 20.0. The molecule has 1 fully saturated rings. The van der Waals surface area contributed by atoms with E-state index in [1.54, 1.807) is 9.80 Å². The lowest BCUT2D eigenvalue weighted by Crippen LogP contribution is -2.54. The highest BCUT2D eigenvalue weighted by Crippen LogP contribution is 2.33. The fraction of sp³-hybridized carbons (Fsp3) is 0.500. The predicted molar refractivity (Wildman–Crippen MR) is 128 cm³/mol. The zero-order valence-corrected chi connectivity index (χ0v) is 20.7. The van der Waals surface area contributed by atoms with Crippen LogP contribution in [-0.2, 0) is 29.2 Å². The Kier molecular flexibility index (Phi) is 6.84. The van der Waals surface area contributed by atoms with E-state index in [-0.39, 0.29) is 24.0 Å². The molecule has 1 saturated heterocycles. The molecule has 0 saturated carbocycles. The Bertz CT molecular complexity index is 1060. The van der Waals surface area contributed by atoms with Crippen LogP contribution in [0.25, 0.3) is 0 Å². The second-order valence-corrected chi connectivity index (χ2v) is 9.94. The Morgan fingerprint density at radius 2 is 1.79 bits per heavy atom. The summed E-state index contributed by atoms with van der Waals surface area (Å²) in [6, 6.07) is 9.58. The zero-order chi connectivity index (χ0) is 24.5. The first-order valence-corrected chi connectivity index (χ1v) is 11.7. The molecule has 182 valence electrons. The van der Waals surface area contributed by atoms with Gasteiger partial charge in [-0.05, 0) is 44.9 Å². The smallest absolute Gasteiger partial charge is 0.410 e. The number of anilines is 1. The number of fused-ring (bicyclic) bond motifs is 1. The molecule has 10 heteroatoms. The maximum absolute atomic E-state index is 12.6. The fourth-order valence-corrected chi connectivity index (χ4v) is 4.33. The van der Waals surface area contributed by atoms with Crippen molar-refractivity contribution in [3.05, 3.63) is 52.4 Å². The molecule has 1 aromatic heterocycles. The van der Waals surface area contributed by atoms with Gasteiger partial charge in [0.2, 0.25) is 5.28 Å². The SMILES string of the molecule is CC1CN(C(=O)OCc2ccccc2)CCN1c1nc(Cl)nc2c1CN(C(=O)OC(C)(C)C)C2. The van der Waals surface area contributed by atoms with E-state index in [0.717, 1.165) is 16.8 Å². The molecule has 0 bridgehead atoms. The van der Waals surface area contributed by atoms with Gasteiger partial charge in [0.15, 0.2) is 0 Å². The maximum Gasteiger partial charge on any atom is 0.410 e. The molecule has 1 atom stereocenters. The van der Waals surface area contributed by atoms with Gasteiger partial charge in [0.05, 0.1) is 18.8 Å². The number of hydrogen-bond donors (Lipinski definition) is 0. The minimum Gasteiger partial charge on any atom is -0.445 e. The lowest BCUT2D eigenvalue weighted by molar-refractivity contribution is 0.0240. The molecule has 2 aliphatic heterocycles. The Morgan fingerprint density at radius 1 is 1.06 bits per heavy atom. The van der Waals surface area contributed by atoms with Crippen LogP contribution in [0.2, 0.25) is 5.28 Å². The summed E-state index contributed by atoms with van der Waals surface area (Å²) in [5, 5.41) is 0.136. The topological polar surface area (TPSA) is 88.1 Å². The molecule has 0 spiro atoms. The first kappa shape index (κ1) is 24.1. The number of amides is 2. The van der Waals surface area contributed by atoms with Gasteiger partial charge < -0.3 is 19.3 Å². The van der Waals surface area contributed by atoms with E-state index in [1.807, 2.05) is 58.0 Å². The average Bonchev–Trinajstić information content (AvgIpc) is 3.21. The number of piperazine rings is 1. The van der Waals surface area contributed by atoms with E-state index >= 15 is 0 Å². The van der Waals surface area contributed by atoms with Crippen molar-refractivity contribution >= 4 is 29.6 Å². The van der Waals surface area contributed by atoms with Crippen molar-refractivity contribution in [1.29, 1.82) is 0 Å². The van der Waals surface area contributed by atoms with Gasteiger partial charge in [-0.2, -0.15) is 0 Å². The van der Waals surface area contributed by atoms with Gasteiger partial charge in [0.1, 0.15) is 18.0 Å². The van der Waals surface area contributed by atoms with E-state index < -0.39 is 11.7 Å². The van der Waals surface area contributed by atoms with E-state index in [1.165, 1.54) is 0 Å². The van der Waals surface area contributed by atoms with Crippen LogP contribution in [0.5, 0.6) is 0 Å². The third-order valence-electron chi connectivity index (χ3n) is 5.75. The minimum absolute atomic E-state index is 0.0244. The summed E-state index contributed by atoms with van der Waals surface area (Å²) < 4.78 is 11.0. The number of aromatic nitrogens is 2. The lowest BCUT2D eigenvalue weighted by Gasteiger charge is -2.40. The second kappa shape index (κ2) is 9.66. The van der Waals surface area contributed by atoms with Crippen molar-refractivity contribution < 1.29 is 19.1 Å². The molecule has 9 nitrogen and oxygen atoms in total. The highest BCUT2D eigenvalue weighted by molar-refractivity contribution is 6.28. The molecule has 0 aliphatic carbocycles. The lowest BCUT2D eigenvalue weighted by atomic mass is 10.1. The monoisotopic (exact) mass is 487 g/mol. The summed E-state index contributed by atoms with van der Waals surface area (Å²) in [5.41, 5.74) is 1.95. The summed E-state index contributed by atoms with van der Waals surface area (Å²) in [5.74, 6) is 0.700. The van der Waals surface area contributed by atoms with Gasteiger partial charge in [-0.25, -0.2) is 19.6 Å². The van der Waals surface area contributed by atoms with Crippen LogP contribution in [0, 0.1) is 0 Å². The molecular weight excluding hydrogens is 458 g/mol. The maximum atomic E-state index is 12.6. The van der Waals surface area contributed by atoms with Crippen LogP contribution < -0.4 is 4.90 Å². The summed E-state index contributed by atoms with van der Waals surface area (Å²) in [7, 11) is 0. The number of carbonyl (C=O) groups is 2. The predicted octanol–water partition coefficient (Wildman–Crippen LogP) is 4.23. The molecule has 2 aliphatic rings. The Balaban J connectivity index is 1.42. The third kappa shape index (κ3) is 5.52. The van der Waals surface area contributed by atoms with Crippen molar-refractivity contribution in [1.82, 2.24) is 19.8 Å². The van der Waals surface area contributed by atoms with E-state index in [2.05, 4.69) is 14.9 Å². The van der Waals surface area contributed by atoms with Crippen LogP contribution in [-0.4, -0.2) is 63.2 Å². The highest BCUT2D eigenvalue weighted by atomic mass is 35.5. The van der Waals surface area contributed by atoms with Crippen LogP contribution in [0.3, 0.4) is 0 Å². The molecule has 0 N–H and O–H groups in total. The Labute approximate surface area is 204 Å². The van der Waals surface area contributed by atoms with Crippen molar-refractivity contribution in [3.8, 4) is 0 Å². The highest BCUT2D eigenvalue weighted by Gasteiger charge is 2.35. The summed E-state index contributed by atoms with van der Waals surface area (Å²) >= 11 is 6.24. The fourth-order valence-electron chi connectivity index (χ4n) is 4.15. The average molecular weight is 488 g/mol. The van der Waals surface area contributed by atoms with E-state index in [9.17, 15) is 9.59 Å². The van der Waals surface area contributed by atoms with Crippen molar-refractivity contribution in [2.75, 3.05) is 24.5 Å². The van der Waals surface area contributed by atoms with Crippen molar-refractivity contribution in [3.63, 3.8) is 0 Å². The van der Waals surface area contributed by atoms with Crippen LogP contribution in [0.4, 0.5) is 15.4 Å². The quantitative estimate of drug-likeness (QED) is 0.598. The number of nitrogens with zero attached hydrogens (tertiary/aromatic N) is 5. The summed E-state index contributed by atoms with van der Waals surface area (Å²) in [6.45, 7) is 9.98. The number of ether oxygens (including phenoxy) is 2. The number of benzene rings is 1. The van der Waals surface area contributed by atoms with Crippen LogP contribution in [0.1, 0.15) is 44.5 Å². The normalized spacial score (nSPS) is 18.0. The summed E-state index contributed by atoms with van der Waals surface area (Å²) in [6.07, 6.45) is -0.732. The molecule has 2 amide bonds. The first-order chi connectivity index (χ1) is 16.1. The molecule has 1 aromatic carbocycles. The van der Waals surface area contributed by atoms with Gasteiger partial charge >= 0.3 is 12.2 Å². The number of rotatable bonds is 3. The standard InChI is InChI=1S/C24H30ClN5O4/c1-16-12-28(22(31)33-15-17-8-6-5-7-9-17)10-11-30(16)20-18-13-29(23(32)34-24(2,3)4)14-19(18)26-21(25)27-20/h5-9,16H,10-15H2,1-4H3. The van der Waals surface area contributed by atoms with Gasteiger partial charge in [-0.15, -0.1) is 0 Å². The Hall–Kier alpha value is -3.07. The molecule has 2 aromatic rings. The van der Waals surface area contributed by atoms with Crippen molar-refractivity contribution in [2.45, 2.75) is 59.0 Å². The van der Waals surface area contributed by atoms with Crippen LogP contribution in [0.15, 0.2) is 30.3 Å². The van der Waals surface area contributed by atoms with E-state index in [4.69, 9.17) is 21.1 Å². The number of carbonyl (C=O) groups excluding carboxylic acids is 2. The molecule has 0 radical (unpaired) electrons. The van der Waals surface area contributed by atoms with Gasteiger partial charge in [0.25, 0.3) is 0 Å². The van der Waals surface area contributed by atoms with Crippen LogP contribution >= 0.6 is 11.6 Å². The largest absolute Gasteiger partial charge is 0.445 e. The van der Waals surface area contributed by atoms with Gasteiger partial charge in [0, 0.05) is 31.2 Å². The molecule has 34 heavy (non-hydrogen) atoms. The molecule has 3 heterocycles. The minimum atomic E-state index is -0.585. The number of hydrogen-bond acceptors (Lipinski definition) is 7. The third-order valence-corrected chi connectivity index (χ3v) is 5.92. The van der Waals surface area contributed by atoms with Gasteiger partial charge in [-0.3, -0.25) is 4.90 Å². The van der Waals surface area contributed by atoms with Gasteiger partial charge in [-0.1, -0.05) is 30.3 Å². The molecular formula is C24H30ClN5O4. The first-order valence-electron chi connectivity index (χ1n) is 11.4. The number of halogens is 1. The summed E-state index contributed by atoms with van der Waals surface area (Å²) in [4.78, 5) is 39.5. The molecule has 1 unspecified atom stereocenters.